The lowest BCUT2D eigenvalue weighted by atomic mass is 9.75. The van der Waals surface area contributed by atoms with Crippen molar-refractivity contribution in [2.45, 2.75) is 34.1 Å². The van der Waals surface area contributed by atoms with E-state index in [1.54, 1.807) is 0 Å². The van der Waals surface area contributed by atoms with E-state index < -0.39 is 0 Å². The van der Waals surface area contributed by atoms with Gasteiger partial charge < -0.3 is 0 Å². The summed E-state index contributed by atoms with van der Waals surface area (Å²) in [4.78, 5) is 0. The van der Waals surface area contributed by atoms with Gasteiger partial charge in [-0.05, 0) is 220 Å². The number of hydrogen-bond donors (Lipinski definition) is 0. The first-order valence-corrected chi connectivity index (χ1v) is 33.7. The Hall–Kier alpha value is -12.0. The van der Waals surface area contributed by atoms with Crippen LogP contribution in [0, 0.1) is 6.92 Å². The molecule has 0 radical (unpaired) electrons. The molecule has 0 amide bonds. The zero-order valence-electron chi connectivity index (χ0n) is 54.0. The number of fused-ring (bicyclic) bond motifs is 8. The number of benzene rings is 15. The van der Waals surface area contributed by atoms with Crippen molar-refractivity contribution in [1.82, 2.24) is 0 Å². The summed E-state index contributed by atoms with van der Waals surface area (Å²) in [6.45, 7) is 8.51. The predicted octanol–water partition coefficient (Wildman–Crippen LogP) is 26.4. The van der Waals surface area contributed by atoms with Gasteiger partial charge in [0.05, 0.1) is 0 Å². The molecule has 0 atom stereocenters. The van der Waals surface area contributed by atoms with Gasteiger partial charge in [-0.25, -0.2) is 0 Å². The van der Waals surface area contributed by atoms with Gasteiger partial charge in [-0.3, -0.25) is 0 Å². The third-order valence-corrected chi connectivity index (χ3v) is 20.1. The fourth-order valence-electron chi connectivity index (χ4n) is 16.1. The molecule has 97 heavy (non-hydrogen) atoms. The highest BCUT2D eigenvalue weighted by molar-refractivity contribution is 6.37. The van der Waals surface area contributed by atoms with E-state index in [4.69, 9.17) is 0 Å². The number of allylic oxidation sites excluding steroid dienone is 6. The van der Waals surface area contributed by atoms with Crippen molar-refractivity contribution in [3.05, 3.63) is 379 Å². The number of rotatable bonds is 12. The van der Waals surface area contributed by atoms with Gasteiger partial charge in [0, 0.05) is 0 Å². The molecule has 18 rings (SSSR count). The van der Waals surface area contributed by atoms with Gasteiger partial charge in [0.25, 0.3) is 0 Å². The molecule has 3 aliphatic carbocycles. The maximum Gasteiger partial charge on any atom is -0.000740 e. The van der Waals surface area contributed by atoms with Crippen LogP contribution in [0.25, 0.3) is 160 Å². The number of hydrogen-bond acceptors (Lipinski definition) is 0. The summed E-state index contributed by atoms with van der Waals surface area (Å²) in [5.41, 5.74) is 35.2. The van der Waals surface area contributed by atoms with Crippen molar-refractivity contribution in [2.24, 2.45) is 0 Å². The van der Waals surface area contributed by atoms with Gasteiger partial charge in [0.15, 0.2) is 0 Å². The van der Waals surface area contributed by atoms with Crippen LogP contribution in [0.1, 0.15) is 55.0 Å². The molecule has 0 saturated heterocycles. The van der Waals surface area contributed by atoms with E-state index in [2.05, 4.69) is 336 Å². The minimum Gasteiger partial charge on any atom is -0.0991 e. The van der Waals surface area contributed by atoms with E-state index in [1.807, 2.05) is 24.3 Å². The van der Waals surface area contributed by atoms with Crippen molar-refractivity contribution >= 4 is 49.0 Å². The second-order valence-electron chi connectivity index (χ2n) is 25.4. The van der Waals surface area contributed by atoms with Crippen molar-refractivity contribution in [3.63, 3.8) is 0 Å². The maximum absolute atomic E-state index is 4.11. The lowest BCUT2D eigenvalue weighted by Gasteiger charge is -2.28. The monoisotopic (exact) mass is 1240 g/mol. The van der Waals surface area contributed by atoms with Crippen molar-refractivity contribution < 1.29 is 0 Å². The van der Waals surface area contributed by atoms with Crippen molar-refractivity contribution in [3.8, 4) is 111 Å². The summed E-state index contributed by atoms with van der Waals surface area (Å²) in [6.07, 6.45) is 12.6. The van der Waals surface area contributed by atoms with Crippen LogP contribution in [-0.2, 0) is 0 Å². The third-order valence-electron chi connectivity index (χ3n) is 20.1. The van der Waals surface area contributed by atoms with E-state index >= 15 is 0 Å². The quantitative estimate of drug-likeness (QED) is 0.0650. The zero-order valence-corrected chi connectivity index (χ0v) is 54.0. The third kappa shape index (κ3) is 9.98. The Morgan fingerprint density at radius 2 is 0.763 bits per heavy atom. The fraction of sp³-hybridized carbons (Fsp3) is 0.0515. The average Bonchev–Trinajstić information content (AvgIpc) is 1.54. The van der Waals surface area contributed by atoms with E-state index in [-0.39, 0.29) is 7.43 Å². The van der Waals surface area contributed by atoms with E-state index in [0.29, 0.717) is 0 Å². The van der Waals surface area contributed by atoms with Crippen LogP contribution in [0.2, 0.25) is 0 Å². The molecule has 0 aromatic heterocycles. The summed E-state index contributed by atoms with van der Waals surface area (Å²) < 4.78 is 0. The molecule has 0 nitrogen and oxygen atoms in total. The van der Waals surface area contributed by atoms with Crippen LogP contribution in [0.5, 0.6) is 0 Å². The minimum absolute atomic E-state index is 0. The molecular formula is C97H72. The molecule has 3 aliphatic rings. The average molecular weight is 1240 g/mol. The summed E-state index contributed by atoms with van der Waals surface area (Å²) in [5, 5.41) is 9.11. The summed E-state index contributed by atoms with van der Waals surface area (Å²) >= 11 is 0. The summed E-state index contributed by atoms with van der Waals surface area (Å²) in [5.74, 6) is 0. The van der Waals surface area contributed by atoms with E-state index in [1.165, 1.54) is 193 Å². The summed E-state index contributed by atoms with van der Waals surface area (Å²) in [6, 6.07) is 115. The Bertz CT molecular complexity index is 5690. The second-order valence-corrected chi connectivity index (χ2v) is 25.4. The molecule has 460 valence electrons. The Labute approximate surface area is 570 Å². The second kappa shape index (κ2) is 25.4. The van der Waals surface area contributed by atoms with E-state index in [0.717, 1.165) is 12.8 Å². The van der Waals surface area contributed by atoms with Gasteiger partial charge >= 0.3 is 0 Å². The van der Waals surface area contributed by atoms with Gasteiger partial charge in [-0.1, -0.05) is 354 Å². The Morgan fingerprint density at radius 3 is 1.27 bits per heavy atom. The van der Waals surface area contributed by atoms with Crippen molar-refractivity contribution in [2.75, 3.05) is 0 Å². The Kier molecular flexibility index (Phi) is 15.7. The van der Waals surface area contributed by atoms with Crippen molar-refractivity contribution in [1.29, 1.82) is 0 Å². The van der Waals surface area contributed by atoms with Crippen LogP contribution in [0.15, 0.2) is 346 Å². The van der Waals surface area contributed by atoms with Crippen LogP contribution in [0.3, 0.4) is 0 Å². The van der Waals surface area contributed by atoms with Gasteiger partial charge in [-0.2, -0.15) is 0 Å². The first kappa shape index (κ1) is 60.0. The molecule has 0 spiro atoms. The largest absolute Gasteiger partial charge is 0.0991 e. The smallest absolute Gasteiger partial charge is 0.000740 e. The molecular weight excluding hydrogens is 1170 g/mol. The Morgan fingerprint density at radius 1 is 0.330 bits per heavy atom. The number of aryl methyl sites for hydroxylation is 1. The van der Waals surface area contributed by atoms with Gasteiger partial charge in [0.1, 0.15) is 0 Å². The normalized spacial score (nSPS) is 12.5. The first-order chi connectivity index (χ1) is 47.6. The van der Waals surface area contributed by atoms with Crippen LogP contribution < -0.4 is 5.22 Å². The van der Waals surface area contributed by atoms with Crippen LogP contribution in [0.4, 0.5) is 0 Å². The van der Waals surface area contributed by atoms with Gasteiger partial charge in [0.2, 0.25) is 0 Å². The molecule has 0 unspecified atom stereocenters. The molecule has 0 heteroatoms. The van der Waals surface area contributed by atoms with Crippen LogP contribution in [-0.4, -0.2) is 0 Å². The molecule has 15 aromatic carbocycles. The van der Waals surface area contributed by atoms with Gasteiger partial charge in [-0.15, -0.1) is 0 Å². The first-order valence-electron chi connectivity index (χ1n) is 33.7. The van der Waals surface area contributed by atoms with Crippen LogP contribution >= 0.6 is 0 Å². The molecule has 0 bridgehead atoms. The van der Waals surface area contributed by atoms with E-state index in [9.17, 15) is 0 Å². The topological polar surface area (TPSA) is 0 Å². The zero-order chi connectivity index (χ0) is 64.2. The lowest BCUT2D eigenvalue weighted by Crippen LogP contribution is -2.09. The Balaban J connectivity index is 0.000000870. The molecule has 0 aliphatic heterocycles. The minimum atomic E-state index is 0. The highest BCUT2D eigenvalue weighted by Crippen LogP contribution is 2.62. The highest BCUT2D eigenvalue weighted by Gasteiger charge is 2.38. The molecule has 0 heterocycles. The molecule has 0 fully saturated rings. The highest BCUT2D eigenvalue weighted by atomic mass is 14.4. The SMILES string of the molecule is C.C=C/C=C\C=C(/CC)c1c2c(c(-c3ccccc3)c(-c3ccccc3)c1-c1ccccc1)C1=c3c-2ccc2c3c(c3ccc4c5c(cc(-c6ccccc6)c2c35)-c2c-4cc(-c3ccccc3)c(-c3ccccc3)c2-c2ccccc2)C(c2ccccc2)=CC1.Cc1ccccc1. The molecule has 0 N–H and O–H groups in total. The summed E-state index contributed by atoms with van der Waals surface area (Å²) in [7, 11) is 0. The molecule has 0 saturated carbocycles. The standard InChI is InChI=1S/C89H60.C7H8.CH4/c1-3-5-14-31-56(4-2)76-78(62-42-25-11-26-43-62)79(63-44-27-12-28-45-63)80(64-46-29-13-30-47-64)87-68-50-48-65(57-32-15-6-16-33-57)81-67-51-49-66-73-54-71(58-34-17-7-18-35-58)75(60-38-21-9-22-39-60)77(61-40-23-10-24-41-61)85(73)74-55-72(59-36-19-8-20-37-59)84(89(67)82(66)74)70-53-52-69(86(76)87)83(68)88(70)81;1-7-5-3-2-4-6-7;/h3,5-49,51-55H,1,4,50H2,2H3;2-6H,1H3;1H4/b14-5-,56-31+;;. The maximum atomic E-state index is 4.11. The molecule has 15 aromatic rings. The fourth-order valence-corrected chi connectivity index (χ4v) is 16.1. The predicted molar refractivity (Wildman–Crippen MR) is 418 cm³/mol. The lowest BCUT2D eigenvalue weighted by molar-refractivity contribution is 1.24.